The Morgan fingerprint density at radius 2 is 1.69 bits per heavy atom. The molecule has 55 heavy (non-hydrogen) atoms. The van der Waals surface area contributed by atoms with Gasteiger partial charge in [0.05, 0.1) is 29.8 Å². The summed E-state index contributed by atoms with van der Waals surface area (Å²) in [6.45, 7) is 18.2. The van der Waals surface area contributed by atoms with Gasteiger partial charge in [-0.15, -0.1) is 0 Å². The quantitative estimate of drug-likeness (QED) is 0.109. The molecule has 0 spiro atoms. The molecule has 2 fully saturated rings. The van der Waals surface area contributed by atoms with Crippen LogP contribution in [-0.4, -0.2) is 140 Å². The number of thiocarbonyl (C=S) groups is 1. The van der Waals surface area contributed by atoms with Gasteiger partial charge in [-0.2, -0.15) is 0 Å². The van der Waals surface area contributed by atoms with Crippen molar-refractivity contribution < 1.29 is 44.5 Å². The molecule has 0 radical (unpaired) electrons. The molecule has 0 amide bonds. The van der Waals surface area contributed by atoms with Gasteiger partial charge in [0.2, 0.25) is 0 Å². The second-order valence-corrected chi connectivity index (χ2v) is 17.6. The summed E-state index contributed by atoms with van der Waals surface area (Å²) in [5.74, 6) is -2.88. The van der Waals surface area contributed by atoms with E-state index in [-0.39, 0.29) is 30.8 Å². The van der Waals surface area contributed by atoms with Crippen LogP contribution in [-0.2, 0) is 25.4 Å². The first kappa shape index (κ1) is 47.4. The third kappa shape index (κ3) is 13.0. The molecule has 12 nitrogen and oxygen atoms in total. The van der Waals surface area contributed by atoms with Gasteiger partial charge in [0, 0.05) is 45.2 Å². The Balaban J connectivity index is 1.84. The molecule has 0 bridgehead atoms. The van der Waals surface area contributed by atoms with Crippen molar-refractivity contribution in [3.05, 3.63) is 35.9 Å². The van der Waals surface area contributed by atoms with Crippen molar-refractivity contribution in [1.82, 2.24) is 15.1 Å². The van der Waals surface area contributed by atoms with E-state index in [9.17, 15) is 30.3 Å². The predicted molar refractivity (Wildman–Crippen MR) is 218 cm³/mol. The fourth-order valence-corrected chi connectivity index (χ4v) is 8.73. The molecule has 316 valence electrons. The summed E-state index contributed by atoms with van der Waals surface area (Å²) in [5.41, 5.74) is -2.07. The molecule has 3 rings (SSSR count). The smallest absolute Gasteiger partial charge is 0.311 e. The maximum Gasteiger partial charge on any atom is 0.311 e. The molecular weight excluding hydrogens is 723 g/mol. The van der Waals surface area contributed by atoms with Crippen molar-refractivity contribution in [2.24, 2.45) is 23.7 Å². The van der Waals surface area contributed by atoms with Gasteiger partial charge in [0.1, 0.15) is 23.9 Å². The number of benzene rings is 1. The van der Waals surface area contributed by atoms with Crippen molar-refractivity contribution in [1.29, 1.82) is 0 Å². The summed E-state index contributed by atoms with van der Waals surface area (Å²) in [5, 5.41) is 62.6. The number of ether oxygens (including phenoxy) is 3. The highest BCUT2D eigenvalue weighted by Crippen LogP contribution is 2.37. The molecule has 2 heterocycles. The summed E-state index contributed by atoms with van der Waals surface area (Å²) in [6.07, 6.45) is -3.21. The second kappa shape index (κ2) is 21.2. The Morgan fingerprint density at radius 3 is 2.33 bits per heavy atom. The van der Waals surface area contributed by atoms with Gasteiger partial charge in [-0.1, -0.05) is 58.0 Å². The van der Waals surface area contributed by atoms with E-state index in [1.807, 2.05) is 57.8 Å². The molecule has 0 unspecified atom stereocenters. The molecule has 0 saturated carbocycles. The lowest BCUT2D eigenvalue weighted by molar-refractivity contribution is -0.298. The number of hydrogen-bond donors (Lipinski definition) is 6. The van der Waals surface area contributed by atoms with E-state index in [0.29, 0.717) is 37.6 Å². The van der Waals surface area contributed by atoms with Crippen LogP contribution >= 0.6 is 12.2 Å². The van der Waals surface area contributed by atoms with Gasteiger partial charge in [0.15, 0.2) is 11.4 Å². The number of esters is 1. The fourth-order valence-electron chi connectivity index (χ4n) is 8.53. The fraction of sp³-hybridized carbons (Fsp3) is 0.810. The maximum atomic E-state index is 13.6. The van der Waals surface area contributed by atoms with Crippen LogP contribution in [0.1, 0.15) is 100.0 Å². The minimum Gasteiger partial charge on any atom is -0.459 e. The normalized spacial score (nSPS) is 38.7. The number of aliphatic hydroxyl groups excluding tert-OH is 3. The molecule has 2 saturated heterocycles. The highest BCUT2D eigenvalue weighted by molar-refractivity contribution is 7.80. The first-order chi connectivity index (χ1) is 25.7. The number of nitrogens with zero attached hydrogens (tertiary/aromatic N) is 2. The number of cyclic esters (lactones) is 1. The van der Waals surface area contributed by atoms with E-state index in [1.165, 1.54) is 19.4 Å². The van der Waals surface area contributed by atoms with Crippen LogP contribution in [0.2, 0.25) is 0 Å². The van der Waals surface area contributed by atoms with Gasteiger partial charge in [-0.3, -0.25) is 9.69 Å². The molecule has 2 aliphatic rings. The zero-order valence-electron chi connectivity index (χ0n) is 35.1. The average Bonchev–Trinajstić information content (AvgIpc) is 3.13. The van der Waals surface area contributed by atoms with E-state index >= 15 is 0 Å². The number of carbonyl (C=O) groups is 1. The number of aliphatic hydroxyl groups is 5. The van der Waals surface area contributed by atoms with E-state index in [0.717, 1.165) is 19.4 Å². The van der Waals surface area contributed by atoms with E-state index in [4.69, 9.17) is 26.4 Å². The molecule has 0 aliphatic carbocycles. The Kier molecular flexibility index (Phi) is 18.3. The van der Waals surface area contributed by atoms with Crippen molar-refractivity contribution in [2.45, 2.75) is 161 Å². The van der Waals surface area contributed by atoms with Gasteiger partial charge < -0.3 is 50.0 Å². The number of nitrogens with one attached hydrogen (secondary N) is 1. The van der Waals surface area contributed by atoms with Crippen LogP contribution in [0, 0.1) is 23.7 Å². The van der Waals surface area contributed by atoms with Gasteiger partial charge in [0.25, 0.3) is 0 Å². The summed E-state index contributed by atoms with van der Waals surface area (Å²) in [4.78, 5) is 17.7. The third-order valence-corrected chi connectivity index (χ3v) is 12.4. The van der Waals surface area contributed by atoms with Crippen LogP contribution < -0.4 is 5.32 Å². The molecule has 1 aromatic carbocycles. The van der Waals surface area contributed by atoms with Crippen molar-refractivity contribution in [3.8, 4) is 0 Å². The number of rotatable bonds is 11. The molecule has 14 atom stereocenters. The van der Waals surface area contributed by atoms with Crippen molar-refractivity contribution in [3.63, 3.8) is 0 Å². The summed E-state index contributed by atoms with van der Waals surface area (Å²) >= 11 is 5.68. The van der Waals surface area contributed by atoms with E-state index in [1.54, 1.807) is 20.8 Å². The molecule has 6 N–H and O–H groups in total. The average molecular weight is 796 g/mol. The minimum absolute atomic E-state index is 0.113. The van der Waals surface area contributed by atoms with Gasteiger partial charge >= 0.3 is 5.97 Å². The van der Waals surface area contributed by atoms with E-state index < -0.39 is 71.9 Å². The SMILES string of the molecule is CC[C@H]1OC(=O)[C@H](C)[C@@H](O)[C@H](C)[C@@H](O[C@H]2O[C@@H](C)C[C@@H](C)[C@@H]2O)[C@](C)(O)C[C@@H](C)CN(CCCN(C)C(=S)NCCCc2ccccc2)[C@H](C)[C@@H](O)[C@]1(C)O. The Hall–Kier alpha value is -1.94. The maximum absolute atomic E-state index is 13.6. The third-order valence-electron chi connectivity index (χ3n) is 12.0. The highest BCUT2D eigenvalue weighted by atomic mass is 32.1. The van der Waals surface area contributed by atoms with Gasteiger partial charge in [-0.05, 0) is 103 Å². The highest BCUT2D eigenvalue weighted by Gasteiger charge is 2.49. The van der Waals surface area contributed by atoms with Crippen molar-refractivity contribution >= 4 is 23.3 Å². The first-order valence-corrected chi connectivity index (χ1v) is 20.9. The molecule has 0 aromatic heterocycles. The van der Waals surface area contributed by atoms with Crippen molar-refractivity contribution in [2.75, 3.05) is 33.2 Å². The van der Waals surface area contributed by atoms with Crippen LogP contribution in [0.4, 0.5) is 0 Å². The van der Waals surface area contributed by atoms with Gasteiger partial charge in [-0.25, -0.2) is 0 Å². The summed E-state index contributed by atoms with van der Waals surface area (Å²) in [6, 6.07) is 9.77. The number of aryl methyl sites for hydroxylation is 1. The van der Waals surface area contributed by atoms with Crippen LogP contribution in [0.3, 0.4) is 0 Å². The number of hydrogen-bond acceptors (Lipinski definition) is 11. The Morgan fingerprint density at radius 1 is 1.04 bits per heavy atom. The number of carbonyl (C=O) groups excluding carboxylic acids is 1. The molecular formula is C42H73N3O9S. The van der Waals surface area contributed by atoms with Crippen LogP contribution in [0.15, 0.2) is 30.3 Å². The Labute approximate surface area is 335 Å². The molecule has 2 aliphatic heterocycles. The van der Waals surface area contributed by atoms with E-state index in [2.05, 4.69) is 22.3 Å². The second-order valence-electron chi connectivity index (χ2n) is 17.2. The first-order valence-electron chi connectivity index (χ1n) is 20.5. The predicted octanol–water partition coefficient (Wildman–Crippen LogP) is 3.88. The molecule has 1 aromatic rings. The lowest BCUT2D eigenvalue weighted by atomic mass is 9.78. The molecule has 13 heteroatoms. The topological polar surface area (TPSA) is 164 Å². The summed E-state index contributed by atoms with van der Waals surface area (Å²) in [7, 11) is 1.95. The lowest BCUT2D eigenvalue weighted by Gasteiger charge is -2.45. The largest absolute Gasteiger partial charge is 0.459 e. The minimum atomic E-state index is -1.82. The monoisotopic (exact) mass is 796 g/mol. The zero-order valence-corrected chi connectivity index (χ0v) is 35.9. The standard InChI is InChI=1S/C42H73N3O9S/c1-11-33-42(9,51)36(48)31(7)45(22-16-21-44(10)40(55)43-20-15-19-32-17-13-12-14-18-32)25-26(2)24-41(8,50)37(29(5)35(47)30(6)38(49)53-33)54-39-34(46)27(3)23-28(4)52-39/h12-14,17-18,26-31,33-37,39,46-48,50-51H,11,15-16,19-25H2,1-10H3,(H,43,55)/t26-,27-,28+,29+,30-,31-,33-,34+,35+,36-,37-,39-,41-,42-/m1/s1. The zero-order chi connectivity index (χ0) is 41.2. The lowest BCUT2D eigenvalue weighted by Crippen LogP contribution is -2.59. The van der Waals surface area contributed by atoms with Crippen LogP contribution in [0.5, 0.6) is 0 Å². The van der Waals surface area contributed by atoms with Crippen LogP contribution in [0.25, 0.3) is 0 Å². The summed E-state index contributed by atoms with van der Waals surface area (Å²) < 4.78 is 18.4. The Bertz CT molecular complexity index is 1320.